The summed E-state index contributed by atoms with van der Waals surface area (Å²) in [5.74, 6) is 0. The Morgan fingerprint density at radius 2 is 1.17 bits per heavy atom. The van der Waals surface area contributed by atoms with Crippen molar-refractivity contribution < 1.29 is 6.13 Å². The maximum absolute atomic E-state index is 4.96. The highest BCUT2D eigenvalue weighted by atomic mass is 127. The molecule has 0 aliphatic carbocycles. The van der Waals surface area contributed by atoms with E-state index in [1.807, 2.05) is 70.3 Å². The Kier molecular flexibility index (Phi) is 5.44. The van der Waals surface area contributed by atoms with Gasteiger partial charge < -0.3 is 6.13 Å². The lowest BCUT2D eigenvalue weighted by Crippen LogP contribution is -1.86. The summed E-state index contributed by atoms with van der Waals surface area (Å²) in [6, 6.07) is 8.18. The van der Waals surface area contributed by atoms with Crippen LogP contribution in [-0.4, -0.2) is 0 Å². The van der Waals surface area contributed by atoms with Gasteiger partial charge in [0.1, 0.15) is 46.0 Å². The van der Waals surface area contributed by atoms with Crippen molar-refractivity contribution in [3.63, 3.8) is 0 Å². The SMILES string of the molecule is IOCc1ccc(COI)cc1. The summed E-state index contributed by atoms with van der Waals surface area (Å²) >= 11 is 3.78. The van der Waals surface area contributed by atoms with E-state index in [4.69, 9.17) is 6.13 Å². The van der Waals surface area contributed by atoms with Crippen LogP contribution in [0.25, 0.3) is 0 Å². The van der Waals surface area contributed by atoms with Crippen LogP contribution in [0.15, 0.2) is 24.3 Å². The van der Waals surface area contributed by atoms with E-state index in [9.17, 15) is 0 Å². The van der Waals surface area contributed by atoms with Crippen LogP contribution in [-0.2, 0) is 19.3 Å². The van der Waals surface area contributed by atoms with Crippen molar-refractivity contribution in [1.82, 2.24) is 0 Å². The fourth-order valence-electron chi connectivity index (χ4n) is 0.858. The second-order valence-corrected chi connectivity index (χ2v) is 3.57. The van der Waals surface area contributed by atoms with Gasteiger partial charge in [-0.1, -0.05) is 24.3 Å². The van der Waals surface area contributed by atoms with Crippen LogP contribution in [0.2, 0.25) is 0 Å². The van der Waals surface area contributed by atoms with Gasteiger partial charge in [-0.05, 0) is 11.1 Å². The highest BCUT2D eigenvalue weighted by molar-refractivity contribution is 14.1. The molecule has 0 heterocycles. The molecular weight excluding hydrogens is 382 g/mol. The van der Waals surface area contributed by atoms with Gasteiger partial charge in [-0.25, -0.2) is 0 Å². The van der Waals surface area contributed by atoms with Gasteiger partial charge in [0.25, 0.3) is 0 Å². The third-order valence-electron chi connectivity index (χ3n) is 1.47. The molecule has 0 amide bonds. The van der Waals surface area contributed by atoms with Crippen LogP contribution in [0.3, 0.4) is 0 Å². The lowest BCUT2D eigenvalue weighted by Gasteiger charge is -2.00. The summed E-state index contributed by atoms with van der Waals surface area (Å²) in [6.07, 6.45) is 0. The molecule has 2 nitrogen and oxygen atoms in total. The first kappa shape index (κ1) is 10.7. The van der Waals surface area contributed by atoms with E-state index in [-0.39, 0.29) is 0 Å². The van der Waals surface area contributed by atoms with Crippen molar-refractivity contribution in [3.05, 3.63) is 35.4 Å². The van der Waals surface area contributed by atoms with Gasteiger partial charge in [0.2, 0.25) is 0 Å². The maximum Gasteiger partial charge on any atom is 0.110 e. The standard InChI is InChI=1S/C8H8I2O2/c9-11-5-7-1-2-8(4-3-7)6-12-10/h1-4H,5-6H2. The molecule has 1 aromatic carbocycles. The summed E-state index contributed by atoms with van der Waals surface area (Å²) < 4.78 is 9.93. The molecule has 12 heavy (non-hydrogen) atoms. The van der Waals surface area contributed by atoms with Crippen molar-refractivity contribution in [2.24, 2.45) is 0 Å². The third kappa shape index (κ3) is 3.55. The number of halogens is 2. The Morgan fingerprint density at radius 3 is 1.42 bits per heavy atom. The quantitative estimate of drug-likeness (QED) is 0.734. The van der Waals surface area contributed by atoms with Gasteiger partial charge in [0.15, 0.2) is 0 Å². The fourth-order valence-corrected chi connectivity index (χ4v) is 1.58. The molecule has 0 saturated carbocycles. The molecule has 0 saturated heterocycles. The van der Waals surface area contributed by atoms with Crippen molar-refractivity contribution >= 4 is 46.0 Å². The van der Waals surface area contributed by atoms with Crippen LogP contribution in [0.1, 0.15) is 11.1 Å². The number of rotatable bonds is 4. The number of benzene rings is 1. The van der Waals surface area contributed by atoms with Crippen molar-refractivity contribution in [2.75, 3.05) is 0 Å². The Balaban J connectivity index is 2.58. The lowest BCUT2D eigenvalue weighted by atomic mass is 10.1. The minimum absolute atomic E-state index is 0.659. The molecule has 0 N–H and O–H groups in total. The minimum Gasteiger partial charge on any atom is -0.311 e. The Hall–Kier alpha value is 0.600. The molecule has 0 aliphatic heterocycles. The van der Waals surface area contributed by atoms with Crippen molar-refractivity contribution in [2.45, 2.75) is 13.2 Å². The average Bonchev–Trinajstić information content (AvgIpc) is 2.09. The van der Waals surface area contributed by atoms with E-state index in [0.717, 1.165) is 0 Å². The number of hydrogen-bond acceptors (Lipinski definition) is 2. The van der Waals surface area contributed by atoms with Crippen molar-refractivity contribution in [1.29, 1.82) is 0 Å². The van der Waals surface area contributed by atoms with Crippen LogP contribution in [0.5, 0.6) is 0 Å². The maximum atomic E-state index is 4.96. The van der Waals surface area contributed by atoms with Gasteiger partial charge in [0, 0.05) is 0 Å². The highest BCUT2D eigenvalue weighted by Crippen LogP contribution is 2.09. The molecule has 0 spiro atoms. The first-order chi connectivity index (χ1) is 5.86. The molecule has 66 valence electrons. The second-order valence-electron chi connectivity index (χ2n) is 2.32. The Morgan fingerprint density at radius 1 is 0.833 bits per heavy atom. The highest BCUT2D eigenvalue weighted by Gasteiger charge is 1.93. The van der Waals surface area contributed by atoms with Gasteiger partial charge in [-0.2, -0.15) is 0 Å². The molecule has 4 heteroatoms. The third-order valence-corrected chi connectivity index (χ3v) is 2.09. The van der Waals surface area contributed by atoms with Crippen molar-refractivity contribution in [3.8, 4) is 0 Å². The van der Waals surface area contributed by atoms with Crippen LogP contribution < -0.4 is 0 Å². The molecule has 0 unspecified atom stereocenters. The lowest BCUT2D eigenvalue weighted by molar-refractivity contribution is 0.413. The molecule has 1 aromatic rings. The zero-order chi connectivity index (χ0) is 8.81. The van der Waals surface area contributed by atoms with E-state index in [2.05, 4.69) is 0 Å². The molecule has 0 atom stereocenters. The van der Waals surface area contributed by atoms with E-state index in [1.165, 1.54) is 11.1 Å². The Labute approximate surface area is 100 Å². The summed E-state index contributed by atoms with van der Waals surface area (Å²) in [5, 5.41) is 0. The van der Waals surface area contributed by atoms with E-state index in [0.29, 0.717) is 13.2 Å². The zero-order valence-corrected chi connectivity index (χ0v) is 10.6. The largest absolute Gasteiger partial charge is 0.311 e. The summed E-state index contributed by atoms with van der Waals surface area (Å²) in [7, 11) is 0. The second kappa shape index (κ2) is 6.11. The minimum atomic E-state index is 0.659. The van der Waals surface area contributed by atoms with E-state index >= 15 is 0 Å². The van der Waals surface area contributed by atoms with Gasteiger partial charge >= 0.3 is 0 Å². The normalized spacial score (nSPS) is 10.2. The van der Waals surface area contributed by atoms with Gasteiger partial charge in [-0.3, -0.25) is 0 Å². The zero-order valence-electron chi connectivity index (χ0n) is 6.30. The van der Waals surface area contributed by atoms with Gasteiger partial charge in [-0.15, -0.1) is 0 Å². The summed E-state index contributed by atoms with van der Waals surface area (Å²) in [4.78, 5) is 0. The fraction of sp³-hybridized carbons (Fsp3) is 0.250. The van der Waals surface area contributed by atoms with E-state index in [1.54, 1.807) is 0 Å². The average molecular weight is 390 g/mol. The Bertz CT molecular complexity index is 198. The number of hydrogen-bond donors (Lipinski definition) is 0. The molecule has 1 rings (SSSR count). The predicted molar refractivity (Wildman–Crippen MR) is 64.1 cm³/mol. The van der Waals surface area contributed by atoms with Crippen LogP contribution in [0.4, 0.5) is 0 Å². The molecule has 0 fully saturated rings. The summed E-state index contributed by atoms with van der Waals surface area (Å²) in [5.41, 5.74) is 2.36. The molecular formula is C8H8I2O2. The molecule has 0 aromatic heterocycles. The summed E-state index contributed by atoms with van der Waals surface area (Å²) in [6.45, 7) is 1.32. The monoisotopic (exact) mass is 390 g/mol. The van der Waals surface area contributed by atoms with Crippen LogP contribution in [0, 0.1) is 0 Å². The molecule has 0 bridgehead atoms. The predicted octanol–water partition coefficient (Wildman–Crippen LogP) is 3.42. The molecule has 0 aliphatic rings. The smallest absolute Gasteiger partial charge is 0.110 e. The first-order valence-corrected chi connectivity index (χ1v) is 5.18. The van der Waals surface area contributed by atoms with Crippen LogP contribution >= 0.6 is 46.0 Å². The van der Waals surface area contributed by atoms with Gasteiger partial charge in [0.05, 0.1) is 13.2 Å². The topological polar surface area (TPSA) is 18.5 Å². The molecule has 0 radical (unpaired) electrons. The first-order valence-electron chi connectivity index (χ1n) is 3.41. The van der Waals surface area contributed by atoms with E-state index < -0.39 is 0 Å².